The number of benzene rings is 3. The number of rotatable bonds is 5. The fourth-order valence-corrected chi connectivity index (χ4v) is 3.66. The first-order valence-electron chi connectivity index (χ1n) is 9.69. The Morgan fingerprint density at radius 2 is 1.77 bits per heavy atom. The van der Waals surface area contributed by atoms with Crippen LogP contribution >= 0.6 is 15.9 Å². The highest BCUT2D eigenvalue weighted by Gasteiger charge is 2.26. The average molecular weight is 475 g/mol. The standard InChI is InChI=1S/C24H19BrN4O2/c25-19-11-12-21-20(13-19)24(18-9-5-2-6-10-18)26-15-23(31)29(21)16-22(30)28-27-14-17-7-3-1-4-8-17/h1-14H,15-16H2,(H,28,30)/b27-14+. The molecule has 0 radical (unpaired) electrons. The average Bonchev–Trinajstić information content (AvgIpc) is 2.92. The highest BCUT2D eigenvalue weighted by Crippen LogP contribution is 2.29. The molecule has 0 saturated carbocycles. The van der Waals surface area contributed by atoms with Crippen LogP contribution in [-0.2, 0) is 9.59 Å². The molecule has 1 heterocycles. The van der Waals surface area contributed by atoms with Crippen LogP contribution in [0, 0.1) is 0 Å². The zero-order valence-corrected chi connectivity index (χ0v) is 18.1. The summed E-state index contributed by atoms with van der Waals surface area (Å²) in [6.07, 6.45) is 1.56. The molecule has 3 aromatic rings. The molecule has 154 valence electrons. The van der Waals surface area contributed by atoms with Gasteiger partial charge in [-0.1, -0.05) is 76.6 Å². The van der Waals surface area contributed by atoms with Crippen molar-refractivity contribution in [2.45, 2.75) is 0 Å². The molecule has 0 unspecified atom stereocenters. The molecule has 7 heteroatoms. The minimum absolute atomic E-state index is 0.0446. The molecule has 0 bridgehead atoms. The van der Waals surface area contributed by atoms with Gasteiger partial charge in [0.1, 0.15) is 13.1 Å². The quantitative estimate of drug-likeness (QED) is 0.451. The van der Waals surface area contributed by atoms with Crippen molar-refractivity contribution in [2.75, 3.05) is 18.0 Å². The van der Waals surface area contributed by atoms with E-state index < -0.39 is 5.91 Å². The topological polar surface area (TPSA) is 74.1 Å². The maximum absolute atomic E-state index is 12.9. The molecular formula is C24H19BrN4O2. The molecule has 31 heavy (non-hydrogen) atoms. The SMILES string of the molecule is O=C(CN1C(=O)CN=C(c2ccccc2)c2cc(Br)ccc21)N/N=C/c1ccccc1. The normalized spacial score (nSPS) is 13.5. The van der Waals surface area contributed by atoms with Crippen molar-refractivity contribution in [3.8, 4) is 0 Å². The predicted molar refractivity (Wildman–Crippen MR) is 126 cm³/mol. The van der Waals surface area contributed by atoms with Gasteiger partial charge in [0.05, 0.1) is 17.6 Å². The zero-order chi connectivity index (χ0) is 21.6. The van der Waals surface area contributed by atoms with Crippen molar-refractivity contribution in [3.63, 3.8) is 0 Å². The van der Waals surface area contributed by atoms with E-state index in [4.69, 9.17) is 0 Å². The summed E-state index contributed by atoms with van der Waals surface area (Å²) in [6.45, 7) is -0.200. The van der Waals surface area contributed by atoms with Crippen molar-refractivity contribution in [3.05, 3.63) is 100 Å². The van der Waals surface area contributed by atoms with E-state index in [0.29, 0.717) is 5.69 Å². The van der Waals surface area contributed by atoms with Crippen LogP contribution in [0.1, 0.15) is 16.7 Å². The van der Waals surface area contributed by atoms with Gasteiger partial charge in [-0.25, -0.2) is 5.43 Å². The highest BCUT2D eigenvalue weighted by atomic mass is 79.9. The third-order valence-corrected chi connectivity index (χ3v) is 5.22. The molecule has 0 aromatic heterocycles. The lowest BCUT2D eigenvalue weighted by atomic mass is 10.0. The second-order valence-corrected chi connectivity index (χ2v) is 7.79. The number of halogens is 1. The first-order valence-corrected chi connectivity index (χ1v) is 10.5. The van der Waals surface area contributed by atoms with Gasteiger partial charge in [0.15, 0.2) is 0 Å². The molecule has 0 atom stereocenters. The molecule has 0 fully saturated rings. The van der Waals surface area contributed by atoms with Gasteiger partial charge >= 0.3 is 0 Å². The van der Waals surface area contributed by atoms with E-state index in [0.717, 1.165) is 26.9 Å². The van der Waals surface area contributed by atoms with Gasteiger partial charge in [-0.05, 0) is 23.8 Å². The Bertz CT molecular complexity index is 1160. The number of benzodiazepines with no additional fused rings is 1. The van der Waals surface area contributed by atoms with E-state index in [1.54, 1.807) is 6.21 Å². The van der Waals surface area contributed by atoms with Crippen LogP contribution in [0.2, 0.25) is 0 Å². The van der Waals surface area contributed by atoms with Gasteiger partial charge < -0.3 is 4.90 Å². The van der Waals surface area contributed by atoms with Crippen LogP contribution in [0.3, 0.4) is 0 Å². The summed E-state index contributed by atoms with van der Waals surface area (Å²) < 4.78 is 0.862. The number of amides is 2. The van der Waals surface area contributed by atoms with Crippen molar-refractivity contribution in [1.29, 1.82) is 0 Å². The maximum atomic E-state index is 12.9. The van der Waals surface area contributed by atoms with E-state index in [2.05, 4.69) is 31.4 Å². The van der Waals surface area contributed by atoms with Crippen molar-refractivity contribution < 1.29 is 9.59 Å². The monoisotopic (exact) mass is 474 g/mol. The third-order valence-electron chi connectivity index (χ3n) is 4.73. The molecule has 2 amide bonds. The number of hydrogen-bond donors (Lipinski definition) is 1. The Labute approximate surface area is 188 Å². The van der Waals surface area contributed by atoms with Gasteiger partial charge in [-0.3, -0.25) is 14.6 Å². The van der Waals surface area contributed by atoms with Crippen LogP contribution in [0.4, 0.5) is 5.69 Å². The summed E-state index contributed by atoms with van der Waals surface area (Å²) in [5, 5.41) is 3.99. The van der Waals surface area contributed by atoms with Crippen molar-refractivity contribution >= 4 is 45.4 Å². The van der Waals surface area contributed by atoms with Crippen molar-refractivity contribution in [2.24, 2.45) is 10.1 Å². The number of fused-ring (bicyclic) bond motifs is 1. The van der Waals surface area contributed by atoms with Gasteiger partial charge in [-0.15, -0.1) is 0 Å². The van der Waals surface area contributed by atoms with Crippen LogP contribution in [0.25, 0.3) is 0 Å². The Hall–Kier alpha value is -3.58. The van der Waals surface area contributed by atoms with E-state index in [1.807, 2.05) is 78.9 Å². The molecule has 3 aromatic carbocycles. The molecule has 1 aliphatic heterocycles. The summed E-state index contributed by atoms with van der Waals surface area (Å²) in [7, 11) is 0. The number of hydrogen-bond acceptors (Lipinski definition) is 4. The molecular weight excluding hydrogens is 456 g/mol. The lowest BCUT2D eigenvalue weighted by Crippen LogP contribution is -2.40. The summed E-state index contributed by atoms with van der Waals surface area (Å²) in [4.78, 5) is 31.4. The van der Waals surface area contributed by atoms with E-state index >= 15 is 0 Å². The smallest absolute Gasteiger partial charge is 0.260 e. The lowest BCUT2D eigenvalue weighted by molar-refractivity contribution is -0.123. The van der Waals surface area contributed by atoms with E-state index in [-0.39, 0.29) is 19.0 Å². The van der Waals surface area contributed by atoms with Crippen LogP contribution in [0.5, 0.6) is 0 Å². The second-order valence-electron chi connectivity index (χ2n) is 6.88. The minimum atomic E-state index is -0.391. The Balaban J connectivity index is 1.58. The van der Waals surface area contributed by atoms with Gasteiger partial charge in [-0.2, -0.15) is 5.10 Å². The molecule has 1 N–H and O–H groups in total. The Morgan fingerprint density at radius 1 is 1.06 bits per heavy atom. The largest absolute Gasteiger partial charge is 0.301 e. The number of carbonyl (C=O) groups excluding carboxylic acids is 2. The third kappa shape index (κ3) is 4.95. The number of carbonyl (C=O) groups is 2. The lowest BCUT2D eigenvalue weighted by Gasteiger charge is -2.22. The molecule has 0 aliphatic carbocycles. The summed E-state index contributed by atoms with van der Waals surface area (Å²) >= 11 is 3.50. The summed E-state index contributed by atoms with van der Waals surface area (Å²) in [5.41, 5.74) is 6.41. The van der Waals surface area contributed by atoms with E-state index in [9.17, 15) is 9.59 Å². The summed E-state index contributed by atoms with van der Waals surface area (Å²) in [6, 6.07) is 24.7. The highest BCUT2D eigenvalue weighted by molar-refractivity contribution is 9.10. The van der Waals surface area contributed by atoms with Gasteiger partial charge in [0, 0.05) is 15.6 Å². The molecule has 6 nitrogen and oxygen atoms in total. The number of hydrazone groups is 1. The minimum Gasteiger partial charge on any atom is -0.301 e. The van der Waals surface area contributed by atoms with Gasteiger partial charge in [0.25, 0.3) is 5.91 Å². The number of aliphatic imine (C=N–C) groups is 1. The Morgan fingerprint density at radius 3 is 2.52 bits per heavy atom. The zero-order valence-electron chi connectivity index (χ0n) is 16.5. The van der Waals surface area contributed by atoms with Crippen molar-refractivity contribution in [1.82, 2.24) is 5.43 Å². The van der Waals surface area contributed by atoms with E-state index in [1.165, 1.54) is 4.90 Å². The number of nitrogens with one attached hydrogen (secondary N) is 1. The maximum Gasteiger partial charge on any atom is 0.260 e. The van der Waals surface area contributed by atoms with Crippen LogP contribution in [-0.4, -0.2) is 36.8 Å². The van der Waals surface area contributed by atoms with Gasteiger partial charge in [0.2, 0.25) is 5.91 Å². The molecule has 4 rings (SSSR count). The first-order chi connectivity index (χ1) is 15.1. The fraction of sp³-hybridized carbons (Fsp3) is 0.0833. The predicted octanol–water partition coefficient (Wildman–Crippen LogP) is 3.78. The molecule has 0 spiro atoms. The molecule has 1 aliphatic rings. The van der Waals surface area contributed by atoms with Crippen LogP contribution in [0.15, 0.2) is 93.4 Å². The second kappa shape index (κ2) is 9.49. The number of anilines is 1. The number of nitrogens with zero attached hydrogens (tertiary/aromatic N) is 3. The fourth-order valence-electron chi connectivity index (χ4n) is 3.30. The Kier molecular flexibility index (Phi) is 6.33. The first kappa shape index (κ1) is 20.7. The molecule has 0 saturated heterocycles. The van der Waals surface area contributed by atoms with Crippen LogP contribution < -0.4 is 10.3 Å². The summed E-state index contributed by atoms with van der Waals surface area (Å²) in [5.74, 6) is -0.644.